The molecule has 3 heterocycles. The molecule has 3 aromatic rings. The van der Waals surface area contributed by atoms with Crippen LogP contribution in [0.1, 0.15) is 37.1 Å². The van der Waals surface area contributed by atoms with Gasteiger partial charge in [-0.3, -0.25) is 4.57 Å². The van der Waals surface area contributed by atoms with Crippen LogP contribution in [0.25, 0.3) is 5.52 Å². The monoisotopic (exact) mass is 340 g/mol. The highest BCUT2D eigenvalue weighted by Crippen LogP contribution is 2.27. The van der Waals surface area contributed by atoms with E-state index in [9.17, 15) is 4.79 Å². The van der Waals surface area contributed by atoms with Gasteiger partial charge in [-0.05, 0) is 30.9 Å². The third kappa shape index (κ3) is 3.24. The molecule has 0 spiro atoms. The molecule has 0 bridgehead atoms. The lowest BCUT2D eigenvalue weighted by Crippen LogP contribution is -2.39. The van der Waals surface area contributed by atoms with Gasteiger partial charge in [0.1, 0.15) is 5.82 Å². The first kappa shape index (κ1) is 16.1. The standard InChI is InChI=1S/C18H24N6O/c1-23-17(21-22-18(23)25)10-13-6-2-3-7-15(13)19-11-14-12-20-24-9-5-4-8-16(14)24/h4-5,8-9,12-13,15,19H,2-3,6-7,10-11H2,1H3,(H,22,25)/t13-,15-/m1/s1. The molecule has 132 valence electrons. The summed E-state index contributed by atoms with van der Waals surface area (Å²) in [4.78, 5) is 11.6. The van der Waals surface area contributed by atoms with Crippen LogP contribution in [0.2, 0.25) is 0 Å². The second-order valence-corrected chi connectivity index (χ2v) is 6.94. The number of hydrogen-bond acceptors (Lipinski definition) is 4. The Kier molecular flexibility index (Phi) is 4.40. The number of H-pyrrole nitrogens is 1. The largest absolute Gasteiger partial charge is 0.343 e. The van der Waals surface area contributed by atoms with Crippen LogP contribution in [0, 0.1) is 5.92 Å². The summed E-state index contributed by atoms with van der Waals surface area (Å²) in [6.07, 6.45) is 9.59. The molecule has 2 atom stereocenters. The van der Waals surface area contributed by atoms with Gasteiger partial charge in [0.25, 0.3) is 0 Å². The van der Waals surface area contributed by atoms with Crippen molar-refractivity contribution in [3.63, 3.8) is 0 Å². The van der Waals surface area contributed by atoms with Crippen molar-refractivity contribution in [2.24, 2.45) is 13.0 Å². The molecule has 1 saturated carbocycles. The minimum absolute atomic E-state index is 0.137. The average Bonchev–Trinajstić information content (AvgIpc) is 3.19. The van der Waals surface area contributed by atoms with Gasteiger partial charge in [-0.1, -0.05) is 18.9 Å². The minimum atomic E-state index is -0.137. The average molecular weight is 340 g/mol. The predicted octanol–water partition coefficient (Wildman–Crippen LogP) is 1.65. The van der Waals surface area contributed by atoms with E-state index in [1.807, 2.05) is 29.0 Å². The molecule has 0 amide bonds. The van der Waals surface area contributed by atoms with Crippen LogP contribution < -0.4 is 11.0 Å². The molecule has 3 aromatic heterocycles. The van der Waals surface area contributed by atoms with Crippen molar-refractivity contribution in [1.82, 2.24) is 29.7 Å². The van der Waals surface area contributed by atoms with Gasteiger partial charge in [0.15, 0.2) is 0 Å². The number of hydrogen-bond donors (Lipinski definition) is 2. The maximum absolute atomic E-state index is 11.6. The minimum Gasteiger partial charge on any atom is -0.309 e. The molecular formula is C18H24N6O. The van der Waals surface area contributed by atoms with Gasteiger partial charge >= 0.3 is 5.69 Å². The van der Waals surface area contributed by atoms with E-state index >= 15 is 0 Å². The normalized spacial score (nSPS) is 21.0. The van der Waals surface area contributed by atoms with Crippen molar-refractivity contribution in [2.75, 3.05) is 0 Å². The van der Waals surface area contributed by atoms with E-state index in [1.54, 1.807) is 11.6 Å². The lowest BCUT2D eigenvalue weighted by atomic mass is 9.82. The van der Waals surface area contributed by atoms with Crippen LogP contribution >= 0.6 is 0 Å². The molecule has 2 N–H and O–H groups in total. The Balaban J connectivity index is 1.46. The maximum atomic E-state index is 11.6. The third-order valence-electron chi connectivity index (χ3n) is 5.39. The van der Waals surface area contributed by atoms with E-state index in [-0.39, 0.29) is 5.69 Å². The Morgan fingerprint density at radius 3 is 3.04 bits per heavy atom. The number of nitrogens with zero attached hydrogens (tertiary/aromatic N) is 4. The zero-order valence-corrected chi connectivity index (χ0v) is 14.5. The first-order chi connectivity index (χ1) is 12.2. The summed E-state index contributed by atoms with van der Waals surface area (Å²) in [6.45, 7) is 0.814. The summed E-state index contributed by atoms with van der Waals surface area (Å²) < 4.78 is 3.53. The van der Waals surface area contributed by atoms with Gasteiger partial charge in [-0.25, -0.2) is 14.4 Å². The van der Waals surface area contributed by atoms with Gasteiger partial charge in [0, 0.05) is 37.8 Å². The molecule has 0 unspecified atom stereocenters. The van der Waals surface area contributed by atoms with Gasteiger partial charge in [0.2, 0.25) is 0 Å². The third-order valence-corrected chi connectivity index (χ3v) is 5.39. The molecule has 7 nitrogen and oxygen atoms in total. The number of aromatic nitrogens is 5. The van der Waals surface area contributed by atoms with E-state index < -0.39 is 0 Å². The van der Waals surface area contributed by atoms with Crippen molar-refractivity contribution < 1.29 is 0 Å². The number of fused-ring (bicyclic) bond motifs is 1. The van der Waals surface area contributed by atoms with E-state index in [0.29, 0.717) is 12.0 Å². The van der Waals surface area contributed by atoms with Crippen LogP contribution in [0.15, 0.2) is 35.4 Å². The van der Waals surface area contributed by atoms with Crippen LogP contribution in [-0.2, 0) is 20.0 Å². The zero-order valence-electron chi connectivity index (χ0n) is 14.5. The fraction of sp³-hybridized carbons (Fsp3) is 0.500. The van der Waals surface area contributed by atoms with Crippen molar-refractivity contribution in [3.8, 4) is 0 Å². The van der Waals surface area contributed by atoms with Crippen molar-refractivity contribution in [2.45, 2.75) is 44.7 Å². The number of pyridine rings is 1. The van der Waals surface area contributed by atoms with E-state index in [0.717, 1.165) is 24.3 Å². The molecule has 0 aromatic carbocycles. The molecule has 1 fully saturated rings. The highest BCUT2D eigenvalue weighted by molar-refractivity contribution is 5.53. The number of nitrogens with one attached hydrogen (secondary N) is 2. The smallest absolute Gasteiger partial charge is 0.309 e. The highest BCUT2D eigenvalue weighted by Gasteiger charge is 2.26. The van der Waals surface area contributed by atoms with Crippen molar-refractivity contribution in [3.05, 3.63) is 52.5 Å². The van der Waals surface area contributed by atoms with Gasteiger partial charge < -0.3 is 5.32 Å². The summed E-state index contributed by atoms with van der Waals surface area (Å²) in [5.41, 5.74) is 2.23. The zero-order chi connectivity index (χ0) is 17.2. The summed E-state index contributed by atoms with van der Waals surface area (Å²) in [5, 5.41) is 14.9. The second kappa shape index (κ2) is 6.84. The molecule has 0 saturated heterocycles. The Morgan fingerprint density at radius 1 is 1.32 bits per heavy atom. The van der Waals surface area contributed by atoms with Crippen LogP contribution in [-0.4, -0.2) is 30.4 Å². The van der Waals surface area contributed by atoms with Crippen molar-refractivity contribution >= 4 is 5.52 Å². The fourth-order valence-corrected chi connectivity index (χ4v) is 3.88. The van der Waals surface area contributed by atoms with Crippen molar-refractivity contribution in [1.29, 1.82) is 0 Å². The fourth-order valence-electron chi connectivity index (χ4n) is 3.88. The summed E-state index contributed by atoms with van der Waals surface area (Å²) in [7, 11) is 1.78. The Bertz CT molecular complexity index is 908. The SMILES string of the molecule is Cn1c(C[C@H]2CCCC[C@H]2NCc2cnn3ccccc23)n[nH]c1=O. The second-order valence-electron chi connectivity index (χ2n) is 6.94. The highest BCUT2D eigenvalue weighted by atomic mass is 16.1. The topological polar surface area (TPSA) is 80.0 Å². The first-order valence-electron chi connectivity index (χ1n) is 8.97. The lowest BCUT2D eigenvalue weighted by molar-refractivity contribution is 0.255. The van der Waals surface area contributed by atoms with Gasteiger partial charge in [0.05, 0.1) is 11.7 Å². The first-order valence-corrected chi connectivity index (χ1v) is 8.97. The summed E-state index contributed by atoms with van der Waals surface area (Å²) in [6, 6.07) is 6.58. The number of rotatable bonds is 5. The molecule has 0 radical (unpaired) electrons. The van der Waals surface area contributed by atoms with E-state index in [4.69, 9.17) is 0 Å². The Morgan fingerprint density at radius 2 is 2.20 bits per heavy atom. The van der Waals surface area contributed by atoms with E-state index in [1.165, 1.54) is 31.2 Å². The number of aromatic amines is 1. The molecule has 7 heteroatoms. The quantitative estimate of drug-likeness (QED) is 0.740. The molecule has 25 heavy (non-hydrogen) atoms. The van der Waals surface area contributed by atoms with Crippen LogP contribution in [0.5, 0.6) is 0 Å². The predicted molar refractivity (Wildman–Crippen MR) is 95.3 cm³/mol. The van der Waals surface area contributed by atoms with E-state index in [2.05, 4.69) is 26.7 Å². The van der Waals surface area contributed by atoms with Gasteiger partial charge in [-0.2, -0.15) is 10.2 Å². The lowest BCUT2D eigenvalue weighted by Gasteiger charge is -2.32. The molecule has 4 rings (SSSR count). The van der Waals surface area contributed by atoms with Crippen LogP contribution in [0.4, 0.5) is 0 Å². The molecule has 1 aliphatic rings. The summed E-state index contributed by atoms with van der Waals surface area (Å²) >= 11 is 0. The molecule has 1 aliphatic carbocycles. The summed E-state index contributed by atoms with van der Waals surface area (Å²) in [5.74, 6) is 1.35. The maximum Gasteiger partial charge on any atom is 0.343 e. The van der Waals surface area contributed by atoms with Crippen LogP contribution in [0.3, 0.4) is 0 Å². The molecular weight excluding hydrogens is 316 g/mol. The Hall–Kier alpha value is -2.41. The molecule has 0 aliphatic heterocycles. The van der Waals surface area contributed by atoms with Gasteiger partial charge in [-0.15, -0.1) is 0 Å². The Labute approximate surface area is 146 Å².